The van der Waals surface area contributed by atoms with Gasteiger partial charge in [0.1, 0.15) is 12.2 Å². The molecule has 6 aliphatic rings. The number of aliphatic hydroxyl groups excluding tert-OH is 5. The molecule has 0 radical (unpaired) electrons. The third-order valence-electron chi connectivity index (χ3n) is 13.9. The van der Waals surface area contributed by atoms with E-state index in [0.29, 0.717) is 16.7 Å². The van der Waals surface area contributed by atoms with Crippen LogP contribution in [0.25, 0.3) is 0 Å². The Balaban J connectivity index is 0.000000228. The Labute approximate surface area is 465 Å². The number of hydrogen-bond donors (Lipinski definition) is 7. The van der Waals surface area contributed by atoms with Gasteiger partial charge in [-0.2, -0.15) is 8.42 Å². The van der Waals surface area contributed by atoms with Crippen molar-refractivity contribution >= 4 is 74.0 Å². The molecule has 0 aliphatic carbocycles. The van der Waals surface area contributed by atoms with E-state index in [9.17, 15) is 45.7 Å². The Hall–Kier alpha value is -0.752. The smallest absolute Gasteiger partial charge is 0.346 e. The quantitative estimate of drug-likeness (QED) is 0.0873. The van der Waals surface area contributed by atoms with E-state index in [2.05, 4.69) is 49.9 Å². The van der Waals surface area contributed by atoms with Crippen molar-refractivity contribution in [3.8, 4) is 0 Å². The first-order chi connectivity index (χ1) is 35.9. The zero-order valence-corrected chi connectivity index (χ0v) is 52.0. The van der Waals surface area contributed by atoms with E-state index >= 15 is 0 Å². The van der Waals surface area contributed by atoms with Crippen LogP contribution in [0.5, 0.6) is 0 Å². The fraction of sp³-hybridized carbons (Fsp3) is 0.755. The molecule has 21 nitrogen and oxygen atoms in total. The molecule has 0 aromatic heterocycles. The van der Waals surface area contributed by atoms with Crippen molar-refractivity contribution in [1.82, 2.24) is 0 Å². The molecule has 7 N–H and O–H groups in total. The van der Waals surface area contributed by atoms with Gasteiger partial charge < -0.3 is 9.47 Å². The standard InChI is InChI=1S/C19H28O6SSe.C11H12O6S.C9H18O9SSe.C8H16Se.C2H6/c1-4-18-14(3)13(2)11-27(18)12-17-16(25-26(20,21)22)10-23-19(24-17)15-8-6-5-7-9-15;12-18(13)15-7-9-10(17-18)6-14-11(16-9)8-4-2-1-3-5-8;10-1-7(18-19(15,16)17)5(12)3-20-4-6(13)9(14)8(20)2-11;1-4-8-7(3)6(2)5-9-8;1-2/h5-9,13-14,16-19H,4,10-12H2,1-3H3;1-5,9-11H,6-7H2;5-14H,1-4H2;6-8H,4-5H2,1-3H3;1-2H3/p+2/t13-,14+,16+,17-,18-,19?,27?;9-,10+,11?;5-,6-,7?,8-,9+,20?;6-,7+,8-;/m1111./s1. The average molecular weight is 1340 g/mol. The molecule has 19 atom stereocenters. The number of hydrogen-bond acceptors (Lipinski definition) is 19. The van der Waals surface area contributed by atoms with Crippen molar-refractivity contribution in [1.29, 1.82) is 0 Å². The number of fused-ring (bicyclic) bond motifs is 1. The minimum Gasteiger partial charge on any atom is -0.346 e. The van der Waals surface area contributed by atoms with Crippen LogP contribution < -0.4 is 0 Å². The van der Waals surface area contributed by atoms with E-state index in [0.717, 1.165) is 54.5 Å². The fourth-order valence-electron chi connectivity index (χ4n) is 9.40. The largest absolute Gasteiger partial charge is 0.400 e. The van der Waals surface area contributed by atoms with Crippen LogP contribution in [0, 0.1) is 23.7 Å². The molecule has 2 aromatic rings. The van der Waals surface area contributed by atoms with Crippen LogP contribution in [-0.4, -0.2) is 185 Å². The normalized spacial score (nSPS) is 35.8. The number of rotatable bonds is 15. The maximum atomic E-state index is 11.3. The zero-order valence-electron chi connectivity index (χ0n) is 44.4. The van der Waals surface area contributed by atoms with Crippen molar-refractivity contribution < 1.29 is 95.6 Å². The molecule has 27 heteroatoms. The van der Waals surface area contributed by atoms with Gasteiger partial charge in [-0.3, -0.25) is 0 Å². The van der Waals surface area contributed by atoms with Crippen LogP contribution in [0.3, 0.4) is 0 Å². The summed E-state index contributed by atoms with van der Waals surface area (Å²) in [5, 5.41) is 51.0. The predicted molar refractivity (Wildman–Crippen MR) is 286 cm³/mol. The van der Waals surface area contributed by atoms with Gasteiger partial charge in [-0.25, -0.2) is 8.37 Å². The van der Waals surface area contributed by atoms with Crippen LogP contribution in [0.2, 0.25) is 41.0 Å². The number of aliphatic hydroxyl groups is 5. The second-order valence-corrected chi connectivity index (χ2v) is 35.0. The Kier molecular flexibility index (Phi) is 28.7. The average Bonchev–Trinajstić information content (AvgIpc) is 3.97. The fourth-order valence-corrected chi connectivity index (χ4v) is 28.1. The minimum absolute atomic E-state index is 0.0140. The molecule has 6 saturated heterocycles. The van der Waals surface area contributed by atoms with E-state index in [4.69, 9.17) is 41.5 Å². The van der Waals surface area contributed by atoms with Gasteiger partial charge in [0.05, 0.1) is 13.2 Å². The summed E-state index contributed by atoms with van der Waals surface area (Å²) in [4.78, 5) is 1.27. The van der Waals surface area contributed by atoms with Gasteiger partial charge in [-0.05, 0) is 0 Å². The van der Waals surface area contributed by atoms with Crippen LogP contribution in [0.4, 0.5) is 0 Å². The van der Waals surface area contributed by atoms with E-state index in [-0.39, 0.29) is 37.1 Å². The first-order valence-electron chi connectivity index (χ1n) is 25.6. The summed E-state index contributed by atoms with van der Waals surface area (Å²) in [5.74, 6) is 3.42. The summed E-state index contributed by atoms with van der Waals surface area (Å²) >= 11 is -1.84. The number of benzene rings is 2. The first kappa shape index (κ1) is 67.8. The second kappa shape index (κ2) is 32.2. The SMILES string of the molecule is CC.CC[C@@H]1[C@@H](C)[C@H](C)C[Se+]1C[C@H]1OC(c2ccccc2)OC[C@@H]1OS(=O)(=O)O.CC[C@H]1[Se]C[C@@H](C)[C@@H]1C.O=S(=O)(O)OC(CO)[C@H](O)C[Se+]1C[C@@H](O)[C@H](O)[C@H]1CO.O=S1(=O)OC[C@H]2OC(c3ccccc3)OC[C@@H]2O1. The molecule has 438 valence electrons. The summed E-state index contributed by atoms with van der Waals surface area (Å²) in [7, 11) is -13.3. The second-order valence-electron chi connectivity index (χ2n) is 19.1. The van der Waals surface area contributed by atoms with E-state index < -0.39 is 132 Å². The molecule has 0 spiro atoms. The number of ether oxygens (including phenoxy) is 4. The first-order valence-corrected chi connectivity index (χ1v) is 38.7. The van der Waals surface area contributed by atoms with E-state index in [1.54, 1.807) is 0 Å². The van der Waals surface area contributed by atoms with Crippen molar-refractivity contribution in [2.24, 2.45) is 23.7 Å². The van der Waals surface area contributed by atoms with Crippen LogP contribution >= 0.6 is 0 Å². The predicted octanol–water partition coefficient (Wildman–Crippen LogP) is 5.35. The van der Waals surface area contributed by atoms with Gasteiger partial charge in [0.15, 0.2) is 6.29 Å². The van der Waals surface area contributed by atoms with E-state index in [1.807, 2.05) is 74.5 Å². The molecular weight excluding hydrogens is 1260 g/mol. The maximum absolute atomic E-state index is 11.3. The summed E-state index contributed by atoms with van der Waals surface area (Å²) in [6.07, 6.45) is -5.75. The molecule has 0 bridgehead atoms. The summed E-state index contributed by atoms with van der Waals surface area (Å²) in [6, 6.07) is 19.0. The Morgan fingerprint density at radius 2 is 1.34 bits per heavy atom. The monoisotopic (exact) mass is 1340 g/mol. The molecule has 0 saturated carbocycles. The maximum Gasteiger partial charge on any atom is 0.400 e. The van der Waals surface area contributed by atoms with Gasteiger partial charge in [0, 0.05) is 5.56 Å². The third-order valence-corrected chi connectivity index (χ3v) is 32.7. The molecule has 0 amide bonds. The molecule has 76 heavy (non-hydrogen) atoms. The van der Waals surface area contributed by atoms with Crippen LogP contribution in [0.1, 0.15) is 91.9 Å². The van der Waals surface area contributed by atoms with E-state index in [1.165, 1.54) is 17.1 Å². The van der Waals surface area contributed by atoms with Gasteiger partial charge >= 0.3 is 361 Å². The topological polar surface area (TPSA) is 318 Å². The molecule has 6 fully saturated rings. The van der Waals surface area contributed by atoms with Crippen molar-refractivity contribution in [2.45, 2.75) is 171 Å². The van der Waals surface area contributed by atoms with Gasteiger partial charge in [-0.1, -0.05) is 44.2 Å². The molecule has 6 heterocycles. The summed E-state index contributed by atoms with van der Waals surface area (Å²) in [5.41, 5.74) is 1.78. The van der Waals surface area contributed by atoms with Gasteiger partial charge in [0.2, 0.25) is 0 Å². The Bertz CT molecular complexity index is 2310. The van der Waals surface area contributed by atoms with Crippen molar-refractivity contribution in [3.05, 3.63) is 71.8 Å². The molecular formula is C49H82O21S3Se3+2. The van der Waals surface area contributed by atoms with Crippen molar-refractivity contribution in [2.75, 3.05) is 33.0 Å². The molecule has 6 aliphatic heterocycles. The molecule has 2 aromatic carbocycles. The molecule has 5 unspecified atom stereocenters. The van der Waals surface area contributed by atoms with Gasteiger partial charge in [0.25, 0.3) is 0 Å². The van der Waals surface area contributed by atoms with Crippen molar-refractivity contribution in [3.63, 3.8) is 0 Å². The Morgan fingerprint density at radius 3 is 1.84 bits per heavy atom. The van der Waals surface area contributed by atoms with Crippen LogP contribution in [-0.2, 0) is 66.9 Å². The van der Waals surface area contributed by atoms with Crippen LogP contribution in [0.15, 0.2) is 60.7 Å². The van der Waals surface area contributed by atoms with Gasteiger partial charge in [-0.15, -0.1) is 0 Å². The summed E-state index contributed by atoms with van der Waals surface area (Å²) in [6.45, 7) is 17.0. The Morgan fingerprint density at radius 1 is 0.750 bits per heavy atom. The summed E-state index contributed by atoms with van der Waals surface area (Å²) < 4.78 is 125. The zero-order chi connectivity index (χ0) is 56.5. The third kappa shape index (κ3) is 20.9. The molecule has 8 rings (SSSR count). The minimum atomic E-state index is -4.81.